The van der Waals surface area contributed by atoms with Gasteiger partial charge in [-0.1, -0.05) is 19.4 Å². The lowest BCUT2D eigenvalue weighted by Crippen LogP contribution is -2.32. The molecule has 0 spiro atoms. The van der Waals surface area contributed by atoms with E-state index in [1.165, 1.54) is 50.9 Å². The standard InChI is InChI=1S/C21H31N3O/c1-2-18-16-19-15-17(7-8-20(19)23-21(18)25)9-11-22-10-6-14-24-12-4-3-5-13-24/h7-8,15-16,22H,2-6,9-14H2,1H3,(H,23,25). The van der Waals surface area contributed by atoms with E-state index >= 15 is 0 Å². The van der Waals surface area contributed by atoms with E-state index in [0.717, 1.165) is 42.4 Å². The lowest BCUT2D eigenvalue weighted by atomic mass is 10.1. The number of aryl methyl sites for hydroxylation is 1. The third-order valence-corrected chi connectivity index (χ3v) is 5.23. The zero-order valence-electron chi connectivity index (χ0n) is 15.4. The molecule has 2 heterocycles. The predicted molar refractivity (Wildman–Crippen MR) is 105 cm³/mol. The van der Waals surface area contributed by atoms with Crippen LogP contribution >= 0.6 is 0 Å². The van der Waals surface area contributed by atoms with Crippen LogP contribution in [0.15, 0.2) is 29.1 Å². The van der Waals surface area contributed by atoms with Gasteiger partial charge in [-0.15, -0.1) is 0 Å². The molecule has 0 bridgehead atoms. The summed E-state index contributed by atoms with van der Waals surface area (Å²) in [6.07, 6.45) is 7.20. The molecule has 1 aromatic heterocycles. The largest absolute Gasteiger partial charge is 0.322 e. The van der Waals surface area contributed by atoms with E-state index in [4.69, 9.17) is 0 Å². The summed E-state index contributed by atoms with van der Waals surface area (Å²) in [5.74, 6) is 0. The fourth-order valence-electron chi connectivity index (χ4n) is 3.69. The van der Waals surface area contributed by atoms with Crippen LogP contribution in [0.4, 0.5) is 0 Å². The number of aromatic nitrogens is 1. The first-order valence-corrected chi connectivity index (χ1v) is 9.84. The minimum atomic E-state index is 0.0399. The summed E-state index contributed by atoms with van der Waals surface area (Å²) in [7, 11) is 0. The Labute approximate surface area is 150 Å². The number of H-pyrrole nitrogens is 1. The second kappa shape index (κ2) is 9.16. The van der Waals surface area contributed by atoms with Crippen LogP contribution in [0.25, 0.3) is 10.9 Å². The number of fused-ring (bicyclic) bond motifs is 1. The van der Waals surface area contributed by atoms with E-state index in [-0.39, 0.29) is 5.56 Å². The Morgan fingerprint density at radius 1 is 1.12 bits per heavy atom. The zero-order valence-corrected chi connectivity index (χ0v) is 15.4. The van der Waals surface area contributed by atoms with Gasteiger partial charge in [0.05, 0.1) is 0 Å². The summed E-state index contributed by atoms with van der Waals surface area (Å²) in [5, 5.41) is 4.71. The lowest BCUT2D eigenvalue weighted by molar-refractivity contribution is 0.226. The minimum absolute atomic E-state index is 0.0399. The van der Waals surface area contributed by atoms with Gasteiger partial charge in [0.1, 0.15) is 0 Å². The third-order valence-electron chi connectivity index (χ3n) is 5.23. The number of rotatable bonds is 8. The van der Waals surface area contributed by atoms with Gasteiger partial charge in [0.25, 0.3) is 5.56 Å². The molecule has 0 aliphatic carbocycles. The van der Waals surface area contributed by atoms with Gasteiger partial charge >= 0.3 is 0 Å². The van der Waals surface area contributed by atoms with Crippen LogP contribution in [0, 0.1) is 0 Å². The first-order valence-electron chi connectivity index (χ1n) is 9.84. The number of hydrogen-bond donors (Lipinski definition) is 2. The molecule has 0 amide bonds. The molecule has 4 nitrogen and oxygen atoms in total. The molecule has 1 aliphatic rings. The highest BCUT2D eigenvalue weighted by atomic mass is 16.1. The molecular formula is C21H31N3O. The summed E-state index contributed by atoms with van der Waals surface area (Å²) in [5.41, 5.74) is 3.16. The Balaban J connectivity index is 1.43. The molecule has 2 N–H and O–H groups in total. The molecule has 136 valence electrons. The summed E-state index contributed by atoms with van der Waals surface area (Å²) < 4.78 is 0. The fraction of sp³-hybridized carbons (Fsp3) is 0.571. The van der Waals surface area contributed by atoms with Crippen LogP contribution in [0.3, 0.4) is 0 Å². The molecule has 4 heteroatoms. The van der Waals surface area contributed by atoms with Crippen molar-refractivity contribution in [1.29, 1.82) is 0 Å². The number of aromatic amines is 1. The van der Waals surface area contributed by atoms with Crippen molar-refractivity contribution in [2.45, 2.75) is 45.4 Å². The average molecular weight is 341 g/mol. The van der Waals surface area contributed by atoms with Gasteiger partial charge in [-0.25, -0.2) is 0 Å². The summed E-state index contributed by atoms with van der Waals surface area (Å²) in [4.78, 5) is 17.4. The third kappa shape index (κ3) is 5.16. The SMILES string of the molecule is CCc1cc2cc(CCNCCCN3CCCCC3)ccc2[nH]c1=O. The Morgan fingerprint density at radius 2 is 1.96 bits per heavy atom. The van der Waals surface area contributed by atoms with E-state index in [9.17, 15) is 4.79 Å². The van der Waals surface area contributed by atoms with Gasteiger partial charge in [-0.3, -0.25) is 4.79 Å². The van der Waals surface area contributed by atoms with Gasteiger partial charge in [-0.2, -0.15) is 0 Å². The van der Waals surface area contributed by atoms with Crippen molar-refractivity contribution >= 4 is 10.9 Å². The Hall–Kier alpha value is -1.65. The van der Waals surface area contributed by atoms with Gasteiger partial charge in [0.2, 0.25) is 0 Å². The number of piperidine rings is 1. The second-order valence-corrected chi connectivity index (χ2v) is 7.15. The Bertz CT molecular complexity index is 731. The molecular weight excluding hydrogens is 310 g/mol. The number of pyridine rings is 1. The van der Waals surface area contributed by atoms with E-state index in [0.29, 0.717) is 0 Å². The van der Waals surface area contributed by atoms with Crippen LogP contribution in [-0.2, 0) is 12.8 Å². The van der Waals surface area contributed by atoms with Crippen molar-refractivity contribution in [3.05, 3.63) is 45.7 Å². The van der Waals surface area contributed by atoms with Gasteiger partial charge in [-0.05, 0) is 94.0 Å². The first-order chi connectivity index (χ1) is 12.3. The van der Waals surface area contributed by atoms with Crippen molar-refractivity contribution in [2.24, 2.45) is 0 Å². The maximum atomic E-state index is 11.9. The molecule has 0 saturated carbocycles. The van der Waals surface area contributed by atoms with Gasteiger partial charge in [0, 0.05) is 11.1 Å². The fourth-order valence-corrected chi connectivity index (χ4v) is 3.69. The van der Waals surface area contributed by atoms with E-state index in [1.807, 2.05) is 19.1 Å². The number of benzene rings is 1. The number of nitrogens with one attached hydrogen (secondary N) is 2. The highest BCUT2D eigenvalue weighted by Gasteiger charge is 2.08. The molecule has 0 radical (unpaired) electrons. The second-order valence-electron chi connectivity index (χ2n) is 7.15. The normalized spacial score (nSPS) is 15.7. The number of hydrogen-bond acceptors (Lipinski definition) is 3. The van der Waals surface area contributed by atoms with Crippen LogP contribution < -0.4 is 10.9 Å². The Morgan fingerprint density at radius 3 is 2.76 bits per heavy atom. The van der Waals surface area contributed by atoms with Gasteiger partial charge < -0.3 is 15.2 Å². The Kier molecular flexibility index (Phi) is 6.65. The van der Waals surface area contributed by atoms with E-state index in [1.54, 1.807) is 0 Å². The smallest absolute Gasteiger partial charge is 0.251 e. The molecule has 0 unspecified atom stereocenters. The van der Waals surface area contributed by atoms with E-state index < -0.39 is 0 Å². The first kappa shape index (κ1) is 18.2. The van der Waals surface area contributed by atoms with E-state index in [2.05, 4.69) is 27.3 Å². The number of nitrogens with zero attached hydrogens (tertiary/aromatic N) is 1. The molecule has 0 atom stereocenters. The predicted octanol–water partition coefficient (Wildman–Crippen LogP) is 3.10. The molecule has 2 aromatic rings. The zero-order chi connectivity index (χ0) is 17.5. The monoisotopic (exact) mass is 341 g/mol. The molecule has 1 saturated heterocycles. The van der Waals surface area contributed by atoms with Crippen LogP contribution in [0.5, 0.6) is 0 Å². The van der Waals surface area contributed by atoms with Crippen molar-refractivity contribution in [3.8, 4) is 0 Å². The van der Waals surface area contributed by atoms with Crippen LogP contribution in [0.1, 0.15) is 43.7 Å². The summed E-state index contributed by atoms with van der Waals surface area (Å²) >= 11 is 0. The highest BCUT2D eigenvalue weighted by molar-refractivity contribution is 5.79. The van der Waals surface area contributed by atoms with Crippen molar-refractivity contribution < 1.29 is 0 Å². The summed E-state index contributed by atoms with van der Waals surface area (Å²) in [6.45, 7) is 7.94. The molecule has 25 heavy (non-hydrogen) atoms. The molecule has 1 aliphatic heterocycles. The maximum absolute atomic E-state index is 11.9. The highest BCUT2D eigenvalue weighted by Crippen LogP contribution is 2.14. The van der Waals surface area contributed by atoms with Crippen molar-refractivity contribution in [1.82, 2.24) is 15.2 Å². The van der Waals surface area contributed by atoms with Crippen LogP contribution in [0.2, 0.25) is 0 Å². The minimum Gasteiger partial charge on any atom is -0.322 e. The van der Waals surface area contributed by atoms with Crippen molar-refractivity contribution in [3.63, 3.8) is 0 Å². The summed E-state index contributed by atoms with van der Waals surface area (Å²) in [6, 6.07) is 8.39. The molecule has 3 rings (SSSR count). The van der Waals surface area contributed by atoms with Crippen LogP contribution in [-0.4, -0.2) is 42.6 Å². The molecule has 1 fully saturated rings. The number of likely N-dealkylation sites (tertiary alicyclic amines) is 1. The van der Waals surface area contributed by atoms with Gasteiger partial charge in [0.15, 0.2) is 0 Å². The molecule has 1 aromatic carbocycles. The average Bonchev–Trinajstić information content (AvgIpc) is 2.65. The van der Waals surface area contributed by atoms with Crippen molar-refractivity contribution in [2.75, 3.05) is 32.7 Å². The topological polar surface area (TPSA) is 48.1 Å². The lowest BCUT2D eigenvalue weighted by Gasteiger charge is -2.26. The maximum Gasteiger partial charge on any atom is 0.251 e. The quantitative estimate of drug-likeness (QED) is 0.726.